The van der Waals surface area contributed by atoms with Crippen molar-refractivity contribution >= 4 is 11.7 Å². The lowest BCUT2D eigenvalue weighted by molar-refractivity contribution is 0.0692. The first-order chi connectivity index (χ1) is 10.0. The van der Waals surface area contributed by atoms with Gasteiger partial charge in [-0.1, -0.05) is 12.1 Å². The maximum atomic E-state index is 13.6. The van der Waals surface area contributed by atoms with Gasteiger partial charge < -0.3 is 15.2 Å². The summed E-state index contributed by atoms with van der Waals surface area (Å²) in [5.74, 6) is -2.75. The fourth-order valence-electron chi connectivity index (χ4n) is 1.83. The topological polar surface area (TPSA) is 58.6 Å². The van der Waals surface area contributed by atoms with Crippen molar-refractivity contribution in [1.29, 1.82) is 0 Å². The average molecular weight is 293 g/mol. The molecule has 0 aromatic heterocycles. The number of rotatable bonds is 5. The monoisotopic (exact) mass is 293 g/mol. The Morgan fingerprint density at radius 1 is 1.24 bits per heavy atom. The van der Waals surface area contributed by atoms with Crippen LogP contribution in [0.3, 0.4) is 0 Å². The van der Waals surface area contributed by atoms with E-state index in [0.29, 0.717) is 11.8 Å². The van der Waals surface area contributed by atoms with Gasteiger partial charge in [0.05, 0.1) is 18.4 Å². The highest BCUT2D eigenvalue weighted by Crippen LogP contribution is 2.21. The smallest absolute Gasteiger partial charge is 0.338 e. The zero-order chi connectivity index (χ0) is 15.4. The molecule has 110 valence electrons. The number of nitrogens with one attached hydrogen (secondary N) is 1. The standard InChI is InChI=1S/C15H13F2NO3/c1-21-10-4-2-3-9(5-10)8-18-14-6-11(15(19)20)12(16)7-13(14)17/h2-7,18H,8H2,1H3,(H,19,20). The first-order valence-corrected chi connectivity index (χ1v) is 6.10. The zero-order valence-electron chi connectivity index (χ0n) is 11.2. The number of carboxylic acid groups (broad SMARTS) is 1. The molecule has 0 aliphatic carbocycles. The van der Waals surface area contributed by atoms with Crippen molar-refractivity contribution in [2.45, 2.75) is 6.54 Å². The van der Waals surface area contributed by atoms with Gasteiger partial charge in [-0.05, 0) is 23.8 Å². The fraction of sp³-hybridized carbons (Fsp3) is 0.133. The van der Waals surface area contributed by atoms with E-state index in [2.05, 4.69) is 5.32 Å². The number of benzene rings is 2. The third-order valence-electron chi connectivity index (χ3n) is 2.90. The normalized spacial score (nSPS) is 10.2. The van der Waals surface area contributed by atoms with Crippen LogP contribution < -0.4 is 10.1 Å². The predicted octanol–water partition coefficient (Wildman–Crippen LogP) is 3.28. The molecule has 0 aliphatic rings. The van der Waals surface area contributed by atoms with Gasteiger partial charge in [-0.15, -0.1) is 0 Å². The Morgan fingerprint density at radius 3 is 2.67 bits per heavy atom. The number of hydrogen-bond donors (Lipinski definition) is 2. The van der Waals surface area contributed by atoms with E-state index >= 15 is 0 Å². The number of ether oxygens (including phenoxy) is 1. The molecule has 0 spiro atoms. The molecule has 4 nitrogen and oxygen atoms in total. The molecule has 0 aliphatic heterocycles. The molecule has 2 rings (SSSR count). The highest BCUT2D eigenvalue weighted by Gasteiger charge is 2.15. The quantitative estimate of drug-likeness (QED) is 0.888. The van der Waals surface area contributed by atoms with Crippen LogP contribution in [0.2, 0.25) is 0 Å². The van der Waals surface area contributed by atoms with Crippen molar-refractivity contribution in [1.82, 2.24) is 0 Å². The molecule has 0 saturated carbocycles. The minimum atomic E-state index is -1.45. The lowest BCUT2D eigenvalue weighted by atomic mass is 10.1. The van der Waals surface area contributed by atoms with E-state index in [1.165, 1.54) is 7.11 Å². The van der Waals surface area contributed by atoms with Crippen molar-refractivity contribution in [2.24, 2.45) is 0 Å². The largest absolute Gasteiger partial charge is 0.497 e. The van der Waals surface area contributed by atoms with E-state index in [4.69, 9.17) is 9.84 Å². The first-order valence-electron chi connectivity index (χ1n) is 6.10. The summed E-state index contributed by atoms with van der Waals surface area (Å²) in [6.45, 7) is 0.249. The third-order valence-corrected chi connectivity index (χ3v) is 2.90. The van der Waals surface area contributed by atoms with Gasteiger partial charge in [0.25, 0.3) is 0 Å². The molecule has 0 bridgehead atoms. The second-order valence-corrected chi connectivity index (χ2v) is 4.32. The molecule has 0 saturated heterocycles. The van der Waals surface area contributed by atoms with Crippen LogP contribution in [0.25, 0.3) is 0 Å². The van der Waals surface area contributed by atoms with Crippen molar-refractivity contribution in [3.8, 4) is 5.75 Å². The van der Waals surface area contributed by atoms with E-state index < -0.39 is 23.2 Å². The van der Waals surface area contributed by atoms with Crippen LogP contribution in [0.4, 0.5) is 14.5 Å². The number of halogens is 2. The van der Waals surface area contributed by atoms with Gasteiger partial charge in [-0.2, -0.15) is 0 Å². The number of hydrogen-bond acceptors (Lipinski definition) is 3. The van der Waals surface area contributed by atoms with Crippen LogP contribution in [0.15, 0.2) is 36.4 Å². The zero-order valence-corrected chi connectivity index (χ0v) is 11.2. The van der Waals surface area contributed by atoms with E-state index in [-0.39, 0.29) is 12.2 Å². The fourth-order valence-corrected chi connectivity index (χ4v) is 1.83. The molecule has 2 N–H and O–H groups in total. The summed E-state index contributed by atoms with van der Waals surface area (Å²) in [6.07, 6.45) is 0. The second kappa shape index (κ2) is 6.21. The molecule has 21 heavy (non-hydrogen) atoms. The van der Waals surface area contributed by atoms with Crippen LogP contribution in [-0.2, 0) is 6.54 Å². The van der Waals surface area contributed by atoms with Crippen LogP contribution in [-0.4, -0.2) is 18.2 Å². The number of aromatic carboxylic acids is 1. The number of carboxylic acids is 1. The first kappa shape index (κ1) is 14.8. The van der Waals surface area contributed by atoms with Gasteiger partial charge in [0.15, 0.2) is 0 Å². The maximum Gasteiger partial charge on any atom is 0.338 e. The van der Waals surface area contributed by atoms with Gasteiger partial charge in [0, 0.05) is 12.6 Å². The third kappa shape index (κ3) is 3.47. The Hall–Kier alpha value is -2.63. The molecule has 0 atom stereocenters. The average Bonchev–Trinajstić information content (AvgIpc) is 2.46. The Labute approximate surface area is 120 Å². The van der Waals surface area contributed by atoms with Gasteiger partial charge in [-0.3, -0.25) is 0 Å². The second-order valence-electron chi connectivity index (χ2n) is 4.32. The molecule has 0 radical (unpaired) electrons. The van der Waals surface area contributed by atoms with Crippen LogP contribution in [0.1, 0.15) is 15.9 Å². The molecule has 6 heteroatoms. The summed E-state index contributed by atoms with van der Waals surface area (Å²) in [6, 6.07) is 8.59. The van der Waals surface area contributed by atoms with Gasteiger partial charge >= 0.3 is 5.97 Å². The van der Waals surface area contributed by atoms with Crippen LogP contribution >= 0.6 is 0 Å². The Balaban J connectivity index is 2.19. The van der Waals surface area contributed by atoms with Gasteiger partial charge in [0.2, 0.25) is 0 Å². The molecule has 2 aromatic carbocycles. The predicted molar refractivity (Wildman–Crippen MR) is 73.6 cm³/mol. The molecular weight excluding hydrogens is 280 g/mol. The van der Waals surface area contributed by atoms with Crippen molar-refractivity contribution in [2.75, 3.05) is 12.4 Å². The maximum absolute atomic E-state index is 13.6. The summed E-state index contributed by atoms with van der Waals surface area (Å²) < 4.78 is 32.0. The molecule has 2 aromatic rings. The van der Waals surface area contributed by atoms with Crippen LogP contribution in [0.5, 0.6) is 5.75 Å². The summed E-state index contributed by atoms with van der Waals surface area (Å²) in [5.41, 5.74) is 0.163. The number of methoxy groups -OCH3 is 1. The van der Waals surface area contributed by atoms with E-state index in [9.17, 15) is 13.6 Å². The van der Waals surface area contributed by atoms with E-state index in [1.807, 2.05) is 0 Å². The Morgan fingerprint density at radius 2 is 2.00 bits per heavy atom. The Kier molecular flexibility index (Phi) is 4.37. The van der Waals surface area contributed by atoms with Crippen molar-refractivity contribution in [3.63, 3.8) is 0 Å². The van der Waals surface area contributed by atoms with E-state index in [1.54, 1.807) is 24.3 Å². The minimum absolute atomic E-state index is 0.0726. The molecule has 0 amide bonds. The molecular formula is C15H13F2NO3. The molecule has 0 unspecified atom stereocenters. The lowest BCUT2D eigenvalue weighted by Crippen LogP contribution is -2.06. The number of anilines is 1. The Bertz CT molecular complexity index is 674. The highest BCUT2D eigenvalue weighted by atomic mass is 19.1. The van der Waals surface area contributed by atoms with Crippen molar-refractivity contribution < 1.29 is 23.4 Å². The van der Waals surface area contributed by atoms with E-state index in [0.717, 1.165) is 11.6 Å². The van der Waals surface area contributed by atoms with Gasteiger partial charge in [0.1, 0.15) is 17.4 Å². The summed E-state index contributed by atoms with van der Waals surface area (Å²) in [4.78, 5) is 10.8. The minimum Gasteiger partial charge on any atom is -0.497 e. The summed E-state index contributed by atoms with van der Waals surface area (Å²) >= 11 is 0. The number of carbonyl (C=O) groups is 1. The van der Waals surface area contributed by atoms with Crippen LogP contribution in [0, 0.1) is 11.6 Å². The van der Waals surface area contributed by atoms with Crippen molar-refractivity contribution in [3.05, 3.63) is 59.2 Å². The summed E-state index contributed by atoms with van der Waals surface area (Å²) in [5, 5.41) is 11.6. The lowest BCUT2D eigenvalue weighted by Gasteiger charge is -2.10. The van der Waals surface area contributed by atoms with Gasteiger partial charge in [-0.25, -0.2) is 13.6 Å². The summed E-state index contributed by atoms with van der Waals surface area (Å²) in [7, 11) is 1.53. The molecule has 0 fully saturated rings. The molecule has 0 heterocycles. The SMILES string of the molecule is COc1cccc(CNc2cc(C(=O)O)c(F)cc2F)c1. The highest BCUT2D eigenvalue weighted by molar-refractivity contribution is 5.89.